The van der Waals surface area contributed by atoms with Crippen molar-refractivity contribution in [2.24, 2.45) is 11.1 Å². The second-order valence-corrected chi connectivity index (χ2v) is 5.40. The summed E-state index contributed by atoms with van der Waals surface area (Å²) < 4.78 is 0. The lowest BCUT2D eigenvalue weighted by Gasteiger charge is -2.11. The third kappa shape index (κ3) is 5.14. The molecule has 1 atom stereocenters. The molecule has 1 N–H and O–H groups in total. The molecule has 0 spiro atoms. The highest BCUT2D eigenvalue weighted by molar-refractivity contribution is 5.85. The number of ketones is 1. The van der Waals surface area contributed by atoms with E-state index in [0.717, 1.165) is 11.1 Å². The first-order valence-corrected chi connectivity index (χ1v) is 7.29. The Morgan fingerprint density at radius 1 is 0.957 bits per heavy atom. The fourth-order valence-electron chi connectivity index (χ4n) is 2.39. The van der Waals surface area contributed by atoms with Crippen molar-refractivity contribution in [3.05, 3.63) is 70.6 Å². The highest BCUT2D eigenvalue weighted by atomic mass is 16.4. The van der Waals surface area contributed by atoms with Gasteiger partial charge in [-0.1, -0.05) is 42.5 Å². The van der Waals surface area contributed by atoms with Crippen LogP contribution in [-0.2, 0) is 22.4 Å². The molecular formula is C18H17NO4. The second-order valence-electron chi connectivity index (χ2n) is 5.40. The molecule has 5 nitrogen and oxygen atoms in total. The van der Waals surface area contributed by atoms with Crippen molar-refractivity contribution < 1.29 is 14.7 Å². The SMILES string of the molecule is O=Nc1ccc(CC(=O)CC(Cc2ccccc2)C(=O)O)cc1. The maximum atomic E-state index is 12.1. The molecule has 0 aliphatic rings. The van der Waals surface area contributed by atoms with Gasteiger partial charge in [0.25, 0.3) is 0 Å². The van der Waals surface area contributed by atoms with Gasteiger partial charge in [0, 0.05) is 12.8 Å². The normalized spacial score (nSPS) is 11.7. The smallest absolute Gasteiger partial charge is 0.307 e. The highest BCUT2D eigenvalue weighted by Crippen LogP contribution is 2.17. The van der Waals surface area contributed by atoms with Crippen LogP contribution in [-0.4, -0.2) is 16.9 Å². The Kier molecular flexibility index (Phi) is 5.74. The van der Waals surface area contributed by atoms with Crippen molar-refractivity contribution in [3.63, 3.8) is 0 Å². The van der Waals surface area contributed by atoms with Crippen LogP contribution in [0.15, 0.2) is 59.8 Å². The molecule has 0 aromatic heterocycles. The van der Waals surface area contributed by atoms with Gasteiger partial charge in [-0.25, -0.2) is 0 Å². The Morgan fingerprint density at radius 3 is 2.17 bits per heavy atom. The quantitative estimate of drug-likeness (QED) is 0.756. The van der Waals surface area contributed by atoms with E-state index in [2.05, 4.69) is 5.18 Å². The van der Waals surface area contributed by atoms with E-state index in [-0.39, 0.29) is 18.6 Å². The van der Waals surface area contributed by atoms with Gasteiger partial charge in [-0.2, -0.15) is 0 Å². The number of nitroso groups, excluding NO2 is 1. The van der Waals surface area contributed by atoms with Crippen LogP contribution in [0.3, 0.4) is 0 Å². The summed E-state index contributed by atoms with van der Waals surface area (Å²) in [6, 6.07) is 15.6. The fourth-order valence-corrected chi connectivity index (χ4v) is 2.39. The molecule has 2 aromatic rings. The van der Waals surface area contributed by atoms with Gasteiger partial charge in [-0.3, -0.25) is 9.59 Å². The van der Waals surface area contributed by atoms with E-state index in [1.165, 1.54) is 12.1 Å². The number of hydrogen-bond donors (Lipinski definition) is 1. The maximum absolute atomic E-state index is 12.1. The summed E-state index contributed by atoms with van der Waals surface area (Å²) in [7, 11) is 0. The van der Waals surface area contributed by atoms with Gasteiger partial charge in [0.15, 0.2) is 0 Å². The van der Waals surface area contributed by atoms with E-state index in [9.17, 15) is 19.6 Å². The molecule has 0 amide bonds. The number of carboxylic acid groups (broad SMARTS) is 1. The second kappa shape index (κ2) is 7.98. The van der Waals surface area contributed by atoms with Gasteiger partial charge < -0.3 is 5.11 Å². The molecule has 0 aliphatic carbocycles. The minimum absolute atomic E-state index is 0.0160. The number of rotatable bonds is 8. The standard InChI is InChI=1S/C18H17NO4/c20-17(11-14-6-8-16(19-23)9-7-14)12-15(18(21)22)10-13-4-2-1-3-5-13/h1-9,15H,10-12H2,(H,21,22). The van der Waals surface area contributed by atoms with E-state index in [0.29, 0.717) is 12.1 Å². The Bertz CT molecular complexity index is 680. The van der Waals surface area contributed by atoms with Crippen LogP contribution in [0.25, 0.3) is 0 Å². The Balaban J connectivity index is 1.97. The molecule has 0 fully saturated rings. The number of carbonyl (C=O) groups is 2. The summed E-state index contributed by atoms with van der Waals surface area (Å²) in [5, 5.41) is 12.1. The minimum Gasteiger partial charge on any atom is -0.481 e. The van der Waals surface area contributed by atoms with Crippen LogP contribution in [0.1, 0.15) is 17.5 Å². The topological polar surface area (TPSA) is 83.8 Å². The van der Waals surface area contributed by atoms with Gasteiger partial charge >= 0.3 is 5.97 Å². The highest BCUT2D eigenvalue weighted by Gasteiger charge is 2.21. The first-order valence-electron chi connectivity index (χ1n) is 7.29. The zero-order valence-electron chi connectivity index (χ0n) is 12.5. The molecule has 0 radical (unpaired) electrons. The molecule has 0 saturated heterocycles. The Hall–Kier alpha value is -2.82. The van der Waals surface area contributed by atoms with Gasteiger partial charge in [-0.05, 0) is 34.9 Å². The van der Waals surface area contributed by atoms with Crippen molar-refractivity contribution in [3.8, 4) is 0 Å². The summed E-state index contributed by atoms with van der Waals surface area (Å²) in [5.41, 5.74) is 1.94. The number of Topliss-reactive ketones (excluding diaryl/α,β-unsaturated/α-hetero) is 1. The lowest BCUT2D eigenvalue weighted by atomic mass is 9.92. The first kappa shape index (κ1) is 16.5. The van der Waals surface area contributed by atoms with Gasteiger partial charge in [0.1, 0.15) is 11.5 Å². The summed E-state index contributed by atoms with van der Waals surface area (Å²) in [6.07, 6.45) is 0.464. The number of nitrogens with zero attached hydrogens (tertiary/aromatic N) is 1. The van der Waals surface area contributed by atoms with Crippen LogP contribution < -0.4 is 0 Å². The monoisotopic (exact) mass is 311 g/mol. The summed E-state index contributed by atoms with van der Waals surface area (Å²) in [6.45, 7) is 0. The molecule has 2 aromatic carbocycles. The predicted molar refractivity (Wildman–Crippen MR) is 86.5 cm³/mol. The van der Waals surface area contributed by atoms with Crippen molar-refractivity contribution in [1.82, 2.24) is 0 Å². The molecular weight excluding hydrogens is 294 g/mol. The zero-order valence-corrected chi connectivity index (χ0v) is 12.5. The summed E-state index contributed by atoms with van der Waals surface area (Å²) in [5.74, 6) is -1.84. The fraction of sp³-hybridized carbons (Fsp3) is 0.222. The minimum atomic E-state index is -0.970. The van der Waals surface area contributed by atoms with Crippen molar-refractivity contribution in [2.75, 3.05) is 0 Å². The number of carbonyl (C=O) groups excluding carboxylic acids is 1. The number of hydrogen-bond acceptors (Lipinski definition) is 4. The van der Waals surface area contributed by atoms with Crippen molar-refractivity contribution in [2.45, 2.75) is 19.3 Å². The van der Waals surface area contributed by atoms with Crippen molar-refractivity contribution >= 4 is 17.4 Å². The molecule has 0 bridgehead atoms. The largest absolute Gasteiger partial charge is 0.481 e. The maximum Gasteiger partial charge on any atom is 0.307 e. The van der Waals surface area contributed by atoms with E-state index in [1.807, 2.05) is 30.3 Å². The number of benzene rings is 2. The van der Waals surface area contributed by atoms with Crippen LogP contribution in [0.4, 0.5) is 5.69 Å². The Labute approximate surface area is 133 Å². The van der Waals surface area contributed by atoms with Gasteiger partial charge in [0.05, 0.1) is 5.92 Å². The van der Waals surface area contributed by atoms with E-state index >= 15 is 0 Å². The predicted octanol–water partition coefficient (Wildman–Crippen LogP) is 3.53. The van der Waals surface area contributed by atoms with Gasteiger partial charge in [0.2, 0.25) is 0 Å². The summed E-state index contributed by atoms with van der Waals surface area (Å²) in [4.78, 5) is 33.9. The lowest BCUT2D eigenvalue weighted by molar-refractivity contribution is -0.143. The average molecular weight is 311 g/mol. The summed E-state index contributed by atoms with van der Waals surface area (Å²) >= 11 is 0. The van der Waals surface area contributed by atoms with Crippen LogP contribution in [0.2, 0.25) is 0 Å². The first-order chi connectivity index (χ1) is 11.1. The molecule has 5 heteroatoms. The van der Waals surface area contributed by atoms with Crippen LogP contribution in [0, 0.1) is 10.8 Å². The molecule has 0 aliphatic heterocycles. The molecule has 118 valence electrons. The van der Waals surface area contributed by atoms with E-state index in [4.69, 9.17) is 0 Å². The van der Waals surface area contributed by atoms with Crippen LogP contribution >= 0.6 is 0 Å². The van der Waals surface area contributed by atoms with Crippen molar-refractivity contribution in [1.29, 1.82) is 0 Å². The van der Waals surface area contributed by atoms with Crippen LogP contribution in [0.5, 0.6) is 0 Å². The lowest BCUT2D eigenvalue weighted by Crippen LogP contribution is -2.21. The third-order valence-corrected chi connectivity index (χ3v) is 3.59. The molecule has 23 heavy (non-hydrogen) atoms. The molecule has 1 unspecified atom stereocenters. The van der Waals surface area contributed by atoms with E-state index < -0.39 is 11.9 Å². The number of carboxylic acids is 1. The van der Waals surface area contributed by atoms with E-state index in [1.54, 1.807) is 12.1 Å². The molecule has 0 saturated carbocycles. The molecule has 2 rings (SSSR count). The number of aliphatic carboxylic acids is 1. The Morgan fingerprint density at radius 2 is 1.61 bits per heavy atom. The third-order valence-electron chi connectivity index (χ3n) is 3.59. The average Bonchev–Trinajstić information content (AvgIpc) is 2.56. The molecule has 0 heterocycles. The zero-order chi connectivity index (χ0) is 16.7. The van der Waals surface area contributed by atoms with Gasteiger partial charge in [-0.15, -0.1) is 4.91 Å².